The van der Waals surface area contributed by atoms with Crippen molar-refractivity contribution < 1.29 is 24.6 Å². The Morgan fingerprint density at radius 2 is 1.48 bits per heavy atom. The Morgan fingerprint density at radius 1 is 0.826 bits per heavy atom. The molecule has 7 N–H and O–H groups in total. The molecule has 0 unspecified atom stereocenters. The van der Waals surface area contributed by atoms with E-state index >= 15 is 0 Å². The summed E-state index contributed by atoms with van der Waals surface area (Å²) >= 11 is 0. The van der Waals surface area contributed by atoms with Gasteiger partial charge >= 0.3 is 11.9 Å². The Labute approximate surface area is 130 Å². The number of rotatable bonds is 4. The van der Waals surface area contributed by atoms with Crippen molar-refractivity contribution in [2.75, 3.05) is 16.8 Å². The van der Waals surface area contributed by atoms with E-state index in [-0.39, 0.29) is 11.3 Å². The highest BCUT2D eigenvalue weighted by Gasteiger charge is 2.18. The summed E-state index contributed by atoms with van der Waals surface area (Å²) in [4.78, 5) is 34.2. The molecular formula is C15H13N3O5. The molecule has 0 saturated carbocycles. The van der Waals surface area contributed by atoms with E-state index in [1.165, 1.54) is 24.3 Å². The summed E-state index contributed by atoms with van der Waals surface area (Å²) in [6.07, 6.45) is 0. The Balaban J connectivity index is 2.32. The average molecular weight is 315 g/mol. The molecule has 8 nitrogen and oxygen atoms in total. The van der Waals surface area contributed by atoms with Gasteiger partial charge in [0.2, 0.25) is 0 Å². The summed E-state index contributed by atoms with van der Waals surface area (Å²) in [7, 11) is 0. The van der Waals surface area contributed by atoms with Crippen LogP contribution in [0.15, 0.2) is 36.4 Å². The van der Waals surface area contributed by atoms with Gasteiger partial charge in [0.15, 0.2) is 0 Å². The predicted molar refractivity (Wildman–Crippen MR) is 83.6 cm³/mol. The van der Waals surface area contributed by atoms with Crippen LogP contribution in [0.5, 0.6) is 0 Å². The van der Waals surface area contributed by atoms with Crippen LogP contribution in [-0.4, -0.2) is 28.1 Å². The molecule has 0 saturated heterocycles. The largest absolute Gasteiger partial charge is 0.478 e. The van der Waals surface area contributed by atoms with Crippen molar-refractivity contribution in [1.29, 1.82) is 0 Å². The maximum absolute atomic E-state index is 12.1. The van der Waals surface area contributed by atoms with Crippen LogP contribution in [0.25, 0.3) is 0 Å². The van der Waals surface area contributed by atoms with Crippen molar-refractivity contribution in [1.82, 2.24) is 0 Å². The summed E-state index contributed by atoms with van der Waals surface area (Å²) in [6.45, 7) is 0. The Morgan fingerprint density at radius 3 is 2.04 bits per heavy atom. The van der Waals surface area contributed by atoms with Gasteiger partial charge in [-0.2, -0.15) is 0 Å². The van der Waals surface area contributed by atoms with E-state index in [1.807, 2.05) is 0 Å². The number of hydrogen-bond donors (Lipinski definition) is 5. The van der Waals surface area contributed by atoms with Crippen LogP contribution in [0.1, 0.15) is 31.1 Å². The Hall–Kier alpha value is -3.55. The van der Waals surface area contributed by atoms with Gasteiger partial charge in [0, 0.05) is 11.3 Å². The van der Waals surface area contributed by atoms with E-state index in [0.717, 1.165) is 12.1 Å². The maximum atomic E-state index is 12.1. The highest BCUT2D eigenvalue weighted by Crippen LogP contribution is 2.20. The van der Waals surface area contributed by atoms with Gasteiger partial charge in [0.05, 0.1) is 22.5 Å². The van der Waals surface area contributed by atoms with E-state index in [1.54, 1.807) is 0 Å². The number of carboxylic acid groups (broad SMARTS) is 2. The van der Waals surface area contributed by atoms with Gasteiger partial charge in [-0.05, 0) is 36.4 Å². The van der Waals surface area contributed by atoms with Crippen LogP contribution in [-0.2, 0) is 0 Å². The van der Waals surface area contributed by atoms with Gasteiger partial charge in [0.1, 0.15) is 0 Å². The molecule has 0 aromatic heterocycles. The molecule has 2 aromatic carbocycles. The number of nitrogen functional groups attached to an aromatic ring is 2. The molecular weight excluding hydrogens is 302 g/mol. The third kappa shape index (κ3) is 3.38. The SMILES string of the molecule is Nc1ccc(NC(=O)c2ccc(C(=O)O)c(C(=O)O)c2)cc1N. The molecule has 2 aromatic rings. The minimum absolute atomic E-state index is 0.00259. The molecule has 0 bridgehead atoms. The van der Waals surface area contributed by atoms with Gasteiger partial charge < -0.3 is 27.0 Å². The fourth-order valence-electron chi connectivity index (χ4n) is 1.90. The molecule has 1 amide bonds. The summed E-state index contributed by atoms with van der Waals surface area (Å²) in [5, 5.41) is 20.5. The number of carbonyl (C=O) groups excluding carboxylic acids is 1. The quantitative estimate of drug-likeness (QED) is 0.535. The predicted octanol–water partition coefficient (Wildman–Crippen LogP) is 1.50. The van der Waals surface area contributed by atoms with Crippen LogP contribution >= 0.6 is 0 Å². The summed E-state index contributed by atoms with van der Waals surface area (Å²) in [5.74, 6) is -3.43. The zero-order valence-corrected chi connectivity index (χ0v) is 11.7. The molecule has 0 aliphatic rings. The molecule has 0 aliphatic carbocycles. The lowest BCUT2D eigenvalue weighted by atomic mass is 10.0. The number of nitrogens with one attached hydrogen (secondary N) is 1. The fraction of sp³-hybridized carbons (Fsp3) is 0. The Kier molecular flexibility index (Phi) is 4.17. The molecule has 0 fully saturated rings. The first-order valence-electron chi connectivity index (χ1n) is 6.36. The van der Waals surface area contributed by atoms with Crippen LogP contribution < -0.4 is 16.8 Å². The highest BCUT2D eigenvalue weighted by atomic mass is 16.4. The number of benzene rings is 2. The summed E-state index contributed by atoms with van der Waals surface area (Å²) in [6, 6.07) is 7.80. The lowest BCUT2D eigenvalue weighted by Gasteiger charge is -2.09. The number of carbonyl (C=O) groups is 3. The molecule has 118 valence electrons. The first kappa shape index (κ1) is 15.8. The minimum Gasteiger partial charge on any atom is -0.478 e. The summed E-state index contributed by atoms with van der Waals surface area (Å²) < 4.78 is 0. The molecule has 0 spiro atoms. The fourth-order valence-corrected chi connectivity index (χ4v) is 1.90. The molecule has 0 aliphatic heterocycles. The zero-order chi connectivity index (χ0) is 17.1. The van der Waals surface area contributed by atoms with Crippen LogP contribution in [0.3, 0.4) is 0 Å². The normalized spacial score (nSPS) is 10.1. The van der Waals surface area contributed by atoms with Crippen molar-refractivity contribution in [2.45, 2.75) is 0 Å². The first-order valence-corrected chi connectivity index (χ1v) is 6.36. The van der Waals surface area contributed by atoms with E-state index in [9.17, 15) is 14.4 Å². The summed E-state index contributed by atoms with van der Waals surface area (Å²) in [5.41, 5.74) is 11.4. The first-order chi connectivity index (χ1) is 10.8. The van der Waals surface area contributed by atoms with Gasteiger partial charge in [-0.25, -0.2) is 9.59 Å². The van der Waals surface area contributed by atoms with Gasteiger partial charge in [-0.15, -0.1) is 0 Å². The van der Waals surface area contributed by atoms with Gasteiger partial charge in [-0.3, -0.25) is 4.79 Å². The lowest BCUT2D eigenvalue weighted by molar-refractivity contribution is 0.0651. The minimum atomic E-state index is -1.44. The van der Waals surface area contributed by atoms with Crippen molar-refractivity contribution >= 4 is 34.9 Å². The van der Waals surface area contributed by atoms with Crippen molar-refractivity contribution in [2.24, 2.45) is 0 Å². The zero-order valence-electron chi connectivity index (χ0n) is 11.7. The molecule has 0 radical (unpaired) electrons. The number of anilines is 3. The lowest BCUT2D eigenvalue weighted by Crippen LogP contribution is -2.15. The highest BCUT2D eigenvalue weighted by molar-refractivity contribution is 6.08. The molecule has 8 heteroatoms. The Bertz CT molecular complexity index is 817. The number of aromatic carboxylic acids is 2. The topological polar surface area (TPSA) is 156 Å². The third-order valence-electron chi connectivity index (χ3n) is 3.09. The average Bonchev–Trinajstić information content (AvgIpc) is 2.50. The smallest absolute Gasteiger partial charge is 0.336 e. The number of nitrogens with two attached hydrogens (primary N) is 2. The second-order valence-corrected chi connectivity index (χ2v) is 4.67. The molecule has 23 heavy (non-hydrogen) atoms. The number of amides is 1. The molecule has 0 heterocycles. The van der Waals surface area contributed by atoms with Gasteiger partial charge in [-0.1, -0.05) is 0 Å². The van der Waals surface area contributed by atoms with Gasteiger partial charge in [0.25, 0.3) is 5.91 Å². The van der Waals surface area contributed by atoms with Crippen LogP contribution in [0.2, 0.25) is 0 Å². The standard InChI is InChI=1S/C15H13N3O5/c16-11-4-2-8(6-12(11)17)18-13(19)7-1-3-9(14(20)21)10(5-7)15(22)23/h1-6H,16-17H2,(H,18,19)(H,20,21)(H,22,23). The number of hydrogen-bond acceptors (Lipinski definition) is 5. The second-order valence-electron chi connectivity index (χ2n) is 4.67. The van der Waals surface area contributed by atoms with E-state index in [4.69, 9.17) is 21.7 Å². The maximum Gasteiger partial charge on any atom is 0.336 e. The van der Waals surface area contributed by atoms with E-state index in [2.05, 4.69) is 5.32 Å². The van der Waals surface area contributed by atoms with Crippen LogP contribution in [0.4, 0.5) is 17.1 Å². The van der Waals surface area contributed by atoms with Crippen molar-refractivity contribution in [3.05, 3.63) is 53.1 Å². The number of carboxylic acids is 2. The van der Waals surface area contributed by atoms with Crippen LogP contribution in [0, 0.1) is 0 Å². The van der Waals surface area contributed by atoms with E-state index in [0.29, 0.717) is 11.4 Å². The van der Waals surface area contributed by atoms with Crippen molar-refractivity contribution in [3.63, 3.8) is 0 Å². The molecule has 2 rings (SSSR count). The van der Waals surface area contributed by atoms with Crippen molar-refractivity contribution in [3.8, 4) is 0 Å². The second kappa shape index (κ2) is 6.06. The molecule has 0 atom stereocenters. The van der Waals surface area contributed by atoms with E-state index < -0.39 is 29.0 Å². The monoisotopic (exact) mass is 315 g/mol. The third-order valence-corrected chi connectivity index (χ3v) is 3.09.